The molecule has 0 spiro atoms. The van der Waals surface area contributed by atoms with E-state index in [1.54, 1.807) is 13.0 Å². The van der Waals surface area contributed by atoms with Gasteiger partial charge in [-0.1, -0.05) is 37.5 Å². The molecule has 7 heteroatoms. The fraction of sp³-hybridized carbons (Fsp3) is 0.435. The van der Waals surface area contributed by atoms with Crippen LogP contribution in [0, 0.1) is 17.0 Å². The Hall–Kier alpha value is -2.93. The first-order valence-corrected chi connectivity index (χ1v) is 10.5. The number of hydrogen-bond donors (Lipinski definition) is 2. The van der Waals surface area contributed by atoms with Gasteiger partial charge in [0.05, 0.1) is 11.5 Å². The third-order valence-corrected chi connectivity index (χ3v) is 5.77. The summed E-state index contributed by atoms with van der Waals surface area (Å²) in [7, 11) is 2.18. The molecule has 30 heavy (non-hydrogen) atoms. The molecule has 160 valence electrons. The fourth-order valence-corrected chi connectivity index (χ4v) is 4.02. The molecule has 1 fully saturated rings. The quantitative estimate of drug-likeness (QED) is 0.486. The van der Waals surface area contributed by atoms with Crippen molar-refractivity contribution in [2.75, 3.05) is 24.2 Å². The summed E-state index contributed by atoms with van der Waals surface area (Å²) in [4.78, 5) is 25.3. The first kappa shape index (κ1) is 21.8. The van der Waals surface area contributed by atoms with E-state index in [1.807, 2.05) is 18.2 Å². The molecule has 0 aromatic heterocycles. The molecule has 1 aliphatic rings. The molecule has 0 unspecified atom stereocenters. The van der Waals surface area contributed by atoms with Crippen LogP contribution in [0.2, 0.25) is 0 Å². The summed E-state index contributed by atoms with van der Waals surface area (Å²) < 4.78 is 0. The number of rotatable bonds is 8. The van der Waals surface area contributed by atoms with Gasteiger partial charge in [-0.25, -0.2) is 0 Å². The van der Waals surface area contributed by atoms with E-state index < -0.39 is 4.92 Å². The van der Waals surface area contributed by atoms with Gasteiger partial charge in [0.15, 0.2) is 0 Å². The van der Waals surface area contributed by atoms with Gasteiger partial charge in [-0.05, 0) is 50.1 Å². The van der Waals surface area contributed by atoms with Crippen molar-refractivity contribution in [3.63, 3.8) is 0 Å². The molecule has 3 rings (SSSR count). The molecule has 2 aromatic rings. The number of carbonyl (C=O) groups excluding carboxylic acids is 1. The van der Waals surface area contributed by atoms with E-state index in [0.717, 1.165) is 12.2 Å². The standard InChI is InChI=1S/C23H30N4O3/c1-17-14-20(27(29)30)12-13-21(17)25-23(28)15-24-22-11-7-6-8-18(22)16-26(2)19-9-4-3-5-10-19/h6-8,11-14,19,24H,3-5,9-10,15-16H2,1-2H3,(H,25,28). The number of nitro groups is 1. The van der Waals surface area contributed by atoms with Crippen LogP contribution in [0.25, 0.3) is 0 Å². The van der Waals surface area contributed by atoms with Crippen molar-refractivity contribution in [2.24, 2.45) is 0 Å². The maximum absolute atomic E-state index is 12.4. The Morgan fingerprint density at radius 1 is 1.13 bits per heavy atom. The van der Waals surface area contributed by atoms with Crippen LogP contribution in [-0.2, 0) is 11.3 Å². The van der Waals surface area contributed by atoms with Crippen LogP contribution < -0.4 is 10.6 Å². The Kier molecular flexibility index (Phi) is 7.41. The number of nitrogens with zero attached hydrogens (tertiary/aromatic N) is 2. The Bertz CT molecular complexity index is 894. The van der Waals surface area contributed by atoms with Crippen LogP contribution in [0.5, 0.6) is 0 Å². The smallest absolute Gasteiger partial charge is 0.269 e. The molecule has 0 heterocycles. The highest BCUT2D eigenvalue weighted by molar-refractivity contribution is 5.94. The zero-order chi connectivity index (χ0) is 21.5. The monoisotopic (exact) mass is 410 g/mol. The van der Waals surface area contributed by atoms with Gasteiger partial charge in [-0.3, -0.25) is 19.8 Å². The zero-order valence-electron chi connectivity index (χ0n) is 17.7. The van der Waals surface area contributed by atoms with Crippen LogP contribution >= 0.6 is 0 Å². The Balaban J connectivity index is 1.58. The summed E-state index contributed by atoms with van der Waals surface area (Å²) in [6.07, 6.45) is 6.45. The maximum atomic E-state index is 12.4. The van der Waals surface area contributed by atoms with Crippen LogP contribution in [0.4, 0.5) is 17.1 Å². The van der Waals surface area contributed by atoms with Crippen LogP contribution in [-0.4, -0.2) is 35.4 Å². The number of nitrogens with one attached hydrogen (secondary N) is 2. The summed E-state index contributed by atoms with van der Waals surface area (Å²) in [6, 6.07) is 13.1. The molecular weight excluding hydrogens is 380 g/mol. The lowest BCUT2D eigenvalue weighted by molar-refractivity contribution is -0.384. The fourth-order valence-electron chi connectivity index (χ4n) is 4.02. The van der Waals surface area contributed by atoms with E-state index in [1.165, 1.54) is 49.8 Å². The second kappa shape index (κ2) is 10.2. The van der Waals surface area contributed by atoms with Gasteiger partial charge in [-0.2, -0.15) is 0 Å². The third kappa shape index (κ3) is 5.79. The van der Waals surface area contributed by atoms with Gasteiger partial charge in [0.25, 0.3) is 5.69 Å². The molecule has 0 bridgehead atoms. The van der Waals surface area contributed by atoms with Gasteiger partial charge in [0.1, 0.15) is 0 Å². The molecule has 2 N–H and O–H groups in total. The number of non-ortho nitro benzene ring substituents is 1. The molecular formula is C23H30N4O3. The molecule has 7 nitrogen and oxygen atoms in total. The first-order chi connectivity index (χ1) is 14.4. The molecule has 1 aliphatic carbocycles. The van der Waals surface area contributed by atoms with Crippen LogP contribution in [0.1, 0.15) is 43.2 Å². The van der Waals surface area contributed by atoms with E-state index >= 15 is 0 Å². The highest BCUT2D eigenvalue weighted by atomic mass is 16.6. The van der Waals surface area contributed by atoms with Crippen molar-refractivity contribution < 1.29 is 9.72 Å². The lowest BCUT2D eigenvalue weighted by Gasteiger charge is -2.31. The number of carbonyl (C=O) groups is 1. The van der Waals surface area contributed by atoms with Crippen molar-refractivity contribution in [3.05, 3.63) is 63.7 Å². The minimum Gasteiger partial charge on any atom is -0.376 e. The van der Waals surface area contributed by atoms with Gasteiger partial charge in [0, 0.05) is 36.1 Å². The summed E-state index contributed by atoms with van der Waals surface area (Å²) in [5.41, 5.74) is 3.38. The molecule has 0 saturated heterocycles. The Labute approximate surface area is 177 Å². The van der Waals surface area contributed by atoms with Crippen molar-refractivity contribution in [1.82, 2.24) is 4.90 Å². The van der Waals surface area contributed by atoms with Crippen molar-refractivity contribution in [1.29, 1.82) is 0 Å². The molecule has 1 amide bonds. The SMILES string of the molecule is Cc1cc([N+](=O)[O-])ccc1NC(=O)CNc1ccccc1CN(C)C1CCCCC1. The van der Waals surface area contributed by atoms with Gasteiger partial charge in [-0.15, -0.1) is 0 Å². The normalized spacial score (nSPS) is 14.5. The van der Waals surface area contributed by atoms with Crippen LogP contribution in [0.3, 0.4) is 0 Å². The zero-order valence-corrected chi connectivity index (χ0v) is 17.7. The summed E-state index contributed by atoms with van der Waals surface area (Å²) in [6.45, 7) is 2.71. The number of para-hydroxylation sites is 1. The third-order valence-electron chi connectivity index (χ3n) is 5.77. The number of hydrogen-bond acceptors (Lipinski definition) is 5. The van der Waals surface area contributed by atoms with E-state index in [9.17, 15) is 14.9 Å². The highest BCUT2D eigenvalue weighted by Gasteiger charge is 2.19. The summed E-state index contributed by atoms with van der Waals surface area (Å²) >= 11 is 0. The van der Waals surface area contributed by atoms with Crippen molar-refractivity contribution >= 4 is 23.0 Å². The van der Waals surface area contributed by atoms with E-state index in [-0.39, 0.29) is 18.1 Å². The lowest BCUT2D eigenvalue weighted by atomic mass is 9.94. The minimum absolute atomic E-state index is 0.0136. The minimum atomic E-state index is -0.443. The number of aryl methyl sites for hydroxylation is 1. The van der Waals surface area contributed by atoms with E-state index in [0.29, 0.717) is 17.3 Å². The second-order valence-corrected chi connectivity index (χ2v) is 8.02. The van der Waals surface area contributed by atoms with Crippen molar-refractivity contribution in [3.8, 4) is 0 Å². The molecule has 0 aliphatic heterocycles. The molecule has 1 saturated carbocycles. The number of nitro benzene ring substituents is 1. The van der Waals surface area contributed by atoms with Gasteiger partial charge < -0.3 is 10.6 Å². The topological polar surface area (TPSA) is 87.5 Å². The lowest BCUT2D eigenvalue weighted by Crippen LogP contribution is -2.33. The van der Waals surface area contributed by atoms with Crippen LogP contribution in [0.15, 0.2) is 42.5 Å². The van der Waals surface area contributed by atoms with Gasteiger partial charge >= 0.3 is 0 Å². The predicted octanol–water partition coefficient (Wildman–Crippen LogP) is 4.72. The largest absolute Gasteiger partial charge is 0.376 e. The second-order valence-electron chi connectivity index (χ2n) is 8.02. The Morgan fingerprint density at radius 3 is 2.57 bits per heavy atom. The van der Waals surface area contributed by atoms with Gasteiger partial charge in [0.2, 0.25) is 5.91 Å². The highest BCUT2D eigenvalue weighted by Crippen LogP contribution is 2.25. The number of benzene rings is 2. The number of amides is 1. The molecule has 0 radical (unpaired) electrons. The summed E-state index contributed by atoms with van der Waals surface area (Å²) in [5, 5.41) is 16.9. The molecule has 0 atom stereocenters. The van der Waals surface area contributed by atoms with Crippen molar-refractivity contribution in [2.45, 2.75) is 51.6 Å². The maximum Gasteiger partial charge on any atom is 0.269 e. The number of anilines is 2. The van der Waals surface area contributed by atoms with E-state index in [4.69, 9.17) is 0 Å². The van der Waals surface area contributed by atoms with E-state index in [2.05, 4.69) is 28.6 Å². The summed E-state index contributed by atoms with van der Waals surface area (Å²) in [5.74, 6) is -0.192. The predicted molar refractivity (Wildman–Crippen MR) is 120 cm³/mol. The first-order valence-electron chi connectivity index (χ1n) is 10.5. The average Bonchev–Trinajstić information content (AvgIpc) is 2.75. The molecule has 2 aromatic carbocycles. The Morgan fingerprint density at radius 2 is 1.87 bits per heavy atom. The average molecular weight is 411 g/mol.